The van der Waals surface area contributed by atoms with Crippen LogP contribution in [0, 0.1) is 0 Å². The maximum absolute atomic E-state index is 13.3. The Balaban J connectivity index is 1.59. The van der Waals surface area contributed by atoms with E-state index in [2.05, 4.69) is 0 Å². The molecule has 0 saturated heterocycles. The molecule has 6 atom stereocenters. The fraction of sp³-hybridized carbons (Fsp3) is 0.381. The van der Waals surface area contributed by atoms with Crippen molar-refractivity contribution in [1.82, 2.24) is 0 Å². The third kappa shape index (κ3) is 10.8. The van der Waals surface area contributed by atoms with Gasteiger partial charge in [0.1, 0.15) is 24.4 Å². The molecule has 0 aromatic heterocycles. The van der Waals surface area contributed by atoms with Gasteiger partial charge in [0.15, 0.2) is 12.2 Å². The zero-order valence-corrected chi connectivity index (χ0v) is 28.9. The molecule has 5 rings (SSSR count). The van der Waals surface area contributed by atoms with Gasteiger partial charge >= 0.3 is 11.9 Å². The Kier molecular flexibility index (Phi) is 14.6. The summed E-state index contributed by atoms with van der Waals surface area (Å²) in [5, 5.41) is 0. The summed E-state index contributed by atoms with van der Waals surface area (Å²) >= 11 is 0. The lowest BCUT2D eigenvalue weighted by molar-refractivity contribution is -0.281. The van der Waals surface area contributed by atoms with E-state index < -0.39 is 48.6 Å². The molecule has 1 saturated carbocycles. The number of carbonyl (C=O) groups is 2. The second-order valence-corrected chi connectivity index (χ2v) is 12.5. The Morgan fingerprint density at radius 2 is 0.640 bits per heavy atom. The summed E-state index contributed by atoms with van der Waals surface area (Å²) in [6.07, 6.45) is -3.86. The number of esters is 2. The van der Waals surface area contributed by atoms with Crippen molar-refractivity contribution in [3.05, 3.63) is 144 Å². The average molecular weight is 681 g/mol. The summed E-state index contributed by atoms with van der Waals surface area (Å²) in [4.78, 5) is 26.6. The Bertz CT molecular complexity index is 1430. The summed E-state index contributed by atoms with van der Waals surface area (Å²) in [7, 11) is 0. The summed E-state index contributed by atoms with van der Waals surface area (Å²) in [5.41, 5.74) is 3.76. The van der Waals surface area contributed by atoms with Crippen LogP contribution in [0.2, 0.25) is 0 Å². The van der Waals surface area contributed by atoms with Gasteiger partial charge in [-0.2, -0.15) is 0 Å². The van der Waals surface area contributed by atoms with Crippen molar-refractivity contribution in [1.29, 1.82) is 0 Å². The van der Waals surface area contributed by atoms with Crippen molar-refractivity contribution in [2.45, 2.75) is 103 Å². The zero-order chi connectivity index (χ0) is 35.0. The SMILES string of the molecule is CCCC(=O)OC1C(OCc2ccccc2)C(OCc2ccccc2)C(OCc2ccccc2)C(OCc2ccccc2)C1OC(=O)CCC. The van der Waals surface area contributed by atoms with Crippen LogP contribution in [0.1, 0.15) is 61.8 Å². The summed E-state index contributed by atoms with van der Waals surface area (Å²) in [5.74, 6) is -0.843. The van der Waals surface area contributed by atoms with Crippen LogP contribution in [0.25, 0.3) is 0 Å². The highest BCUT2D eigenvalue weighted by atomic mass is 16.6. The number of hydrogen-bond acceptors (Lipinski definition) is 8. The lowest BCUT2D eigenvalue weighted by Gasteiger charge is -2.49. The van der Waals surface area contributed by atoms with Gasteiger partial charge in [-0.05, 0) is 35.1 Å². The van der Waals surface area contributed by atoms with Crippen molar-refractivity contribution in [3.63, 3.8) is 0 Å². The second kappa shape index (κ2) is 19.7. The van der Waals surface area contributed by atoms with Gasteiger partial charge in [-0.15, -0.1) is 0 Å². The summed E-state index contributed by atoms with van der Waals surface area (Å²) in [6.45, 7) is 4.71. The van der Waals surface area contributed by atoms with Crippen molar-refractivity contribution in [2.24, 2.45) is 0 Å². The van der Waals surface area contributed by atoms with Gasteiger partial charge in [-0.25, -0.2) is 0 Å². The fourth-order valence-corrected chi connectivity index (χ4v) is 6.05. The molecule has 8 nitrogen and oxygen atoms in total. The monoisotopic (exact) mass is 680 g/mol. The van der Waals surface area contributed by atoms with Crippen LogP contribution in [0.4, 0.5) is 0 Å². The normalized spacial score (nSPS) is 21.7. The molecule has 1 aliphatic carbocycles. The van der Waals surface area contributed by atoms with E-state index in [1.807, 2.05) is 135 Å². The van der Waals surface area contributed by atoms with Gasteiger partial charge in [-0.3, -0.25) is 9.59 Å². The second-order valence-electron chi connectivity index (χ2n) is 12.5. The Labute approximate surface area is 295 Å². The van der Waals surface area contributed by atoms with Gasteiger partial charge in [0.25, 0.3) is 0 Å². The van der Waals surface area contributed by atoms with E-state index in [-0.39, 0.29) is 39.3 Å². The van der Waals surface area contributed by atoms with E-state index in [9.17, 15) is 9.59 Å². The molecule has 4 aromatic carbocycles. The first kappa shape index (κ1) is 36.9. The molecule has 0 spiro atoms. The third-order valence-electron chi connectivity index (χ3n) is 8.53. The molecule has 4 aromatic rings. The Morgan fingerprint density at radius 3 is 0.880 bits per heavy atom. The predicted molar refractivity (Wildman–Crippen MR) is 190 cm³/mol. The minimum absolute atomic E-state index is 0.191. The Morgan fingerprint density at radius 1 is 0.400 bits per heavy atom. The van der Waals surface area contributed by atoms with E-state index in [4.69, 9.17) is 28.4 Å². The molecule has 1 fully saturated rings. The van der Waals surface area contributed by atoms with Gasteiger partial charge in [0.2, 0.25) is 0 Å². The highest BCUT2D eigenvalue weighted by Gasteiger charge is 2.57. The number of benzene rings is 4. The smallest absolute Gasteiger partial charge is 0.306 e. The molecular formula is C42H48O8. The molecule has 264 valence electrons. The molecular weight excluding hydrogens is 632 g/mol. The molecule has 0 heterocycles. The van der Waals surface area contributed by atoms with Crippen LogP contribution >= 0.6 is 0 Å². The summed E-state index contributed by atoms with van der Waals surface area (Å²) < 4.78 is 39.4. The lowest BCUT2D eigenvalue weighted by Crippen LogP contribution is -2.68. The topological polar surface area (TPSA) is 89.5 Å². The van der Waals surface area contributed by atoms with Crippen LogP contribution in [0.15, 0.2) is 121 Å². The molecule has 0 radical (unpaired) electrons. The van der Waals surface area contributed by atoms with Crippen molar-refractivity contribution in [2.75, 3.05) is 0 Å². The largest absolute Gasteiger partial charge is 0.455 e. The first-order chi connectivity index (χ1) is 24.6. The number of ether oxygens (including phenoxy) is 6. The van der Waals surface area contributed by atoms with Crippen molar-refractivity contribution >= 4 is 11.9 Å². The van der Waals surface area contributed by atoms with Gasteiger partial charge in [0.05, 0.1) is 26.4 Å². The number of carbonyl (C=O) groups excluding carboxylic acids is 2. The van der Waals surface area contributed by atoms with Crippen molar-refractivity contribution in [3.8, 4) is 0 Å². The maximum Gasteiger partial charge on any atom is 0.306 e. The zero-order valence-electron chi connectivity index (χ0n) is 28.9. The highest BCUT2D eigenvalue weighted by Crippen LogP contribution is 2.36. The van der Waals surface area contributed by atoms with E-state index in [1.54, 1.807) is 0 Å². The van der Waals surface area contributed by atoms with Gasteiger partial charge < -0.3 is 28.4 Å². The molecule has 6 unspecified atom stereocenters. The van der Waals surface area contributed by atoms with E-state index in [0.717, 1.165) is 22.3 Å². The van der Waals surface area contributed by atoms with Crippen LogP contribution in [0.3, 0.4) is 0 Å². The van der Waals surface area contributed by atoms with Gasteiger partial charge in [0, 0.05) is 12.8 Å². The molecule has 1 aliphatic rings. The van der Waals surface area contributed by atoms with Crippen LogP contribution in [-0.4, -0.2) is 48.6 Å². The van der Waals surface area contributed by atoms with Crippen LogP contribution in [0.5, 0.6) is 0 Å². The Hall–Kier alpha value is -4.34. The standard InChI is InChI=1S/C42H48O8/c1-3-17-35(43)49-41-39(47-29-33-23-13-7-14-24-33)37(45-27-31-19-9-5-10-20-31)38(46-28-32-21-11-6-12-22-32)40(42(41)50-36(44)18-4-2)48-30-34-25-15-8-16-26-34/h5-16,19-26,37-42H,3-4,17-18,27-30H2,1-2H3. The van der Waals surface area contributed by atoms with E-state index >= 15 is 0 Å². The molecule has 0 bridgehead atoms. The molecule has 50 heavy (non-hydrogen) atoms. The van der Waals surface area contributed by atoms with Crippen LogP contribution < -0.4 is 0 Å². The molecule has 8 heteroatoms. The van der Waals surface area contributed by atoms with Crippen molar-refractivity contribution < 1.29 is 38.0 Å². The average Bonchev–Trinajstić information content (AvgIpc) is 3.15. The third-order valence-corrected chi connectivity index (χ3v) is 8.53. The molecule has 0 aliphatic heterocycles. The minimum Gasteiger partial charge on any atom is -0.455 e. The van der Waals surface area contributed by atoms with E-state index in [1.165, 1.54) is 0 Å². The highest BCUT2D eigenvalue weighted by molar-refractivity contribution is 5.71. The lowest BCUT2D eigenvalue weighted by atomic mass is 9.83. The summed E-state index contributed by atoms with van der Waals surface area (Å²) in [6, 6.07) is 39.2. The number of rotatable bonds is 18. The molecule has 0 N–H and O–H groups in total. The first-order valence-corrected chi connectivity index (χ1v) is 17.6. The van der Waals surface area contributed by atoms with Gasteiger partial charge in [-0.1, -0.05) is 135 Å². The number of hydrogen-bond donors (Lipinski definition) is 0. The fourth-order valence-electron chi connectivity index (χ4n) is 6.05. The molecule has 0 amide bonds. The van der Waals surface area contributed by atoms with Crippen LogP contribution in [-0.2, 0) is 64.4 Å². The first-order valence-electron chi connectivity index (χ1n) is 17.6. The minimum atomic E-state index is -1.04. The predicted octanol–water partition coefficient (Wildman–Crippen LogP) is 7.77. The van der Waals surface area contributed by atoms with E-state index in [0.29, 0.717) is 12.8 Å². The maximum atomic E-state index is 13.3. The quantitative estimate of drug-likeness (QED) is 0.0986.